The molecule has 1 heterocycles. The summed E-state index contributed by atoms with van der Waals surface area (Å²) >= 11 is 0. The first-order valence-electron chi connectivity index (χ1n) is 9.59. The Kier molecular flexibility index (Phi) is 7.07. The highest BCUT2D eigenvalue weighted by atomic mass is 19.1. The van der Waals surface area contributed by atoms with E-state index in [0.29, 0.717) is 12.4 Å². The zero-order chi connectivity index (χ0) is 19.1. The Labute approximate surface area is 161 Å². The lowest BCUT2D eigenvalue weighted by Gasteiger charge is -2.32. The highest BCUT2D eigenvalue weighted by Crippen LogP contribution is 2.29. The molecule has 2 aromatic rings. The summed E-state index contributed by atoms with van der Waals surface area (Å²) in [7, 11) is 3.83. The van der Waals surface area contributed by atoms with E-state index in [0.717, 1.165) is 56.9 Å². The van der Waals surface area contributed by atoms with Crippen molar-refractivity contribution in [2.24, 2.45) is 0 Å². The molecule has 0 radical (unpaired) electrons. The molecule has 27 heavy (non-hydrogen) atoms. The van der Waals surface area contributed by atoms with Crippen LogP contribution in [-0.2, 0) is 13.0 Å². The van der Waals surface area contributed by atoms with Crippen molar-refractivity contribution < 1.29 is 13.9 Å². The second kappa shape index (κ2) is 9.72. The van der Waals surface area contributed by atoms with Gasteiger partial charge in [0.15, 0.2) is 11.5 Å². The molecule has 1 saturated heterocycles. The fourth-order valence-electron chi connectivity index (χ4n) is 3.35. The van der Waals surface area contributed by atoms with E-state index in [1.165, 1.54) is 17.7 Å². The van der Waals surface area contributed by atoms with Gasteiger partial charge in [0.2, 0.25) is 0 Å². The Bertz CT molecular complexity index is 730. The Morgan fingerprint density at radius 3 is 2.52 bits per heavy atom. The largest absolute Gasteiger partial charge is 0.493 e. The number of ether oxygens (including phenoxy) is 2. The van der Waals surface area contributed by atoms with Crippen LogP contribution in [0.3, 0.4) is 0 Å². The molecule has 2 aromatic carbocycles. The molecule has 0 aliphatic carbocycles. The third-order valence-corrected chi connectivity index (χ3v) is 5.05. The van der Waals surface area contributed by atoms with Crippen molar-refractivity contribution in [2.45, 2.75) is 19.4 Å². The molecule has 0 spiro atoms. The van der Waals surface area contributed by atoms with Crippen LogP contribution >= 0.6 is 0 Å². The van der Waals surface area contributed by atoms with E-state index >= 15 is 0 Å². The van der Waals surface area contributed by atoms with Gasteiger partial charge >= 0.3 is 0 Å². The monoisotopic (exact) mass is 372 g/mol. The molecule has 0 N–H and O–H groups in total. The summed E-state index contributed by atoms with van der Waals surface area (Å²) in [5.74, 6) is 1.16. The van der Waals surface area contributed by atoms with E-state index in [9.17, 15) is 4.39 Å². The van der Waals surface area contributed by atoms with Gasteiger partial charge in [0.25, 0.3) is 0 Å². The van der Waals surface area contributed by atoms with Crippen LogP contribution in [0.15, 0.2) is 42.5 Å². The zero-order valence-electron chi connectivity index (χ0n) is 16.3. The number of halogens is 1. The highest BCUT2D eigenvalue weighted by Gasteiger charge is 2.13. The summed E-state index contributed by atoms with van der Waals surface area (Å²) in [6, 6.07) is 12.5. The van der Waals surface area contributed by atoms with Crippen LogP contribution in [-0.4, -0.2) is 56.7 Å². The van der Waals surface area contributed by atoms with E-state index in [1.54, 1.807) is 13.2 Å². The maximum absolute atomic E-state index is 13.3. The maximum atomic E-state index is 13.3. The molecule has 1 fully saturated rings. The summed E-state index contributed by atoms with van der Waals surface area (Å²) in [6.45, 7) is 6.08. The Balaban J connectivity index is 1.51. The fraction of sp³-hybridized carbons (Fsp3) is 0.455. The molecule has 0 atom stereocenters. The summed E-state index contributed by atoms with van der Waals surface area (Å²) in [6.07, 6.45) is 2.16. The molecule has 5 heteroatoms. The van der Waals surface area contributed by atoms with Crippen LogP contribution in [0.1, 0.15) is 17.5 Å². The van der Waals surface area contributed by atoms with Gasteiger partial charge in [-0.1, -0.05) is 18.2 Å². The Morgan fingerprint density at radius 2 is 1.78 bits per heavy atom. The SMILES string of the molecule is COc1cc(CCCN2CCN(C)CC2)ccc1OCc1cccc(F)c1. The Hall–Kier alpha value is -2.11. The topological polar surface area (TPSA) is 24.9 Å². The third-order valence-electron chi connectivity index (χ3n) is 5.05. The fourth-order valence-corrected chi connectivity index (χ4v) is 3.35. The number of hydrogen-bond donors (Lipinski definition) is 0. The lowest BCUT2D eigenvalue weighted by Crippen LogP contribution is -2.44. The van der Waals surface area contributed by atoms with Crippen molar-refractivity contribution >= 4 is 0 Å². The molecule has 146 valence electrons. The zero-order valence-corrected chi connectivity index (χ0v) is 16.3. The van der Waals surface area contributed by atoms with Crippen LogP contribution in [0.4, 0.5) is 4.39 Å². The predicted molar refractivity (Wildman–Crippen MR) is 106 cm³/mol. The van der Waals surface area contributed by atoms with Gasteiger partial charge in [0, 0.05) is 26.2 Å². The maximum Gasteiger partial charge on any atom is 0.161 e. The molecule has 0 saturated carbocycles. The van der Waals surface area contributed by atoms with Gasteiger partial charge in [-0.15, -0.1) is 0 Å². The number of piperazine rings is 1. The smallest absolute Gasteiger partial charge is 0.161 e. The second-order valence-electron chi connectivity index (χ2n) is 7.15. The molecule has 3 rings (SSSR count). The standard InChI is InChI=1S/C22H29FN2O2/c1-24-11-13-25(14-12-24)10-4-6-18-8-9-21(22(16-18)26-2)27-17-19-5-3-7-20(23)15-19/h3,5,7-9,15-16H,4,6,10-14,17H2,1-2H3. The molecule has 1 aliphatic heterocycles. The summed E-state index contributed by atoms with van der Waals surface area (Å²) in [4.78, 5) is 4.91. The van der Waals surface area contributed by atoms with Gasteiger partial charge < -0.3 is 19.3 Å². The average Bonchev–Trinajstić information content (AvgIpc) is 2.68. The van der Waals surface area contributed by atoms with Gasteiger partial charge in [-0.2, -0.15) is 0 Å². The molecule has 0 bridgehead atoms. The van der Waals surface area contributed by atoms with Crippen LogP contribution in [0.2, 0.25) is 0 Å². The average molecular weight is 372 g/mol. The first kappa shape index (κ1) is 19.6. The second-order valence-corrected chi connectivity index (χ2v) is 7.15. The molecular formula is C22H29FN2O2. The number of hydrogen-bond acceptors (Lipinski definition) is 4. The molecule has 0 unspecified atom stereocenters. The number of aryl methyl sites for hydroxylation is 1. The van der Waals surface area contributed by atoms with Crippen molar-refractivity contribution in [3.05, 3.63) is 59.4 Å². The quantitative estimate of drug-likeness (QED) is 0.707. The minimum atomic E-state index is -0.251. The van der Waals surface area contributed by atoms with Crippen molar-refractivity contribution in [3.63, 3.8) is 0 Å². The summed E-state index contributed by atoms with van der Waals surface area (Å²) in [5.41, 5.74) is 2.05. The summed E-state index contributed by atoms with van der Waals surface area (Å²) in [5, 5.41) is 0. The first-order valence-corrected chi connectivity index (χ1v) is 9.59. The molecule has 0 amide bonds. The lowest BCUT2D eigenvalue weighted by atomic mass is 10.1. The number of likely N-dealkylation sites (N-methyl/N-ethyl adjacent to an activating group) is 1. The van der Waals surface area contributed by atoms with Crippen LogP contribution in [0.5, 0.6) is 11.5 Å². The minimum absolute atomic E-state index is 0.251. The van der Waals surface area contributed by atoms with Gasteiger partial charge in [0.05, 0.1) is 7.11 Å². The van der Waals surface area contributed by atoms with E-state index in [-0.39, 0.29) is 5.82 Å². The normalized spacial score (nSPS) is 15.7. The van der Waals surface area contributed by atoms with Crippen molar-refractivity contribution in [1.82, 2.24) is 9.80 Å². The van der Waals surface area contributed by atoms with Gasteiger partial charge in [0.1, 0.15) is 12.4 Å². The van der Waals surface area contributed by atoms with Crippen molar-refractivity contribution in [3.8, 4) is 11.5 Å². The van der Waals surface area contributed by atoms with E-state index < -0.39 is 0 Å². The van der Waals surface area contributed by atoms with Gasteiger partial charge in [-0.05, 0) is 61.8 Å². The third kappa shape index (κ3) is 5.94. The number of methoxy groups -OCH3 is 1. The highest BCUT2D eigenvalue weighted by molar-refractivity contribution is 5.43. The molecule has 0 aromatic heterocycles. The molecule has 1 aliphatic rings. The van der Waals surface area contributed by atoms with E-state index in [1.807, 2.05) is 18.2 Å². The first-order chi connectivity index (χ1) is 13.1. The van der Waals surface area contributed by atoms with Crippen LogP contribution < -0.4 is 9.47 Å². The van der Waals surface area contributed by atoms with Crippen LogP contribution in [0.25, 0.3) is 0 Å². The molecular weight excluding hydrogens is 343 g/mol. The van der Waals surface area contributed by atoms with Crippen molar-refractivity contribution in [2.75, 3.05) is 46.9 Å². The van der Waals surface area contributed by atoms with Crippen LogP contribution in [0, 0.1) is 5.82 Å². The lowest BCUT2D eigenvalue weighted by molar-refractivity contribution is 0.153. The van der Waals surface area contributed by atoms with Crippen molar-refractivity contribution in [1.29, 1.82) is 0 Å². The number of nitrogens with zero attached hydrogens (tertiary/aromatic N) is 2. The summed E-state index contributed by atoms with van der Waals surface area (Å²) < 4.78 is 24.6. The Morgan fingerprint density at radius 1 is 0.963 bits per heavy atom. The molecule has 4 nitrogen and oxygen atoms in total. The van der Waals surface area contributed by atoms with E-state index in [2.05, 4.69) is 22.9 Å². The predicted octanol–water partition coefficient (Wildman–Crippen LogP) is 3.59. The minimum Gasteiger partial charge on any atom is -0.493 e. The number of benzene rings is 2. The van der Waals surface area contributed by atoms with Gasteiger partial charge in [-0.25, -0.2) is 4.39 Å². The van der Waals surface area contributed by atoms with Gasteiger partial charge in [-0.3, -0.25) is 0 Å². The number of rotatable bonds is 8. The van der Waals surface area contributed by atoms with E-state index in [4.69, 9.17) is 9.47 Å².